The van der Waals surface area contributed by atoms with Crippen molar-refractivity contribution in [3.63, 3.8) is 0 Å². The maximum atomic E-state index is 12.4. The Morgan fingerprint density at radius 2 is 2.11 bits per heavy atom. The third kappa shape index (κ3) is 3.69. The third-order valence-corrected chi connectivity index (χ3v) is 3.84. The summed E-state index contributed by atoms with van der Waals surface area (Å²) in [7, 11) is 0. The number of amides is 1. The van der Waals surface area contributed by atoms with Crippen molar-refractivity contribution in [2.45, 2.75) is 39.0 Å². The summed E-state index contributed by atoms with van der Waals surface area (Å²) in [4.78, 5) is 18.1. The van der Waals surface area contributed by atoms with Gasteiger partial charge in [0.05, 0.1) is 11.8 Å². The minimum Gasteiger partial charge on any atom is -0.506 e. The van der Waals surface area contributed by atoms with Crippen LogP contribution in [0.25, 0.3) is 0 Å². The average molecular weight is 262 g/mol. The van der Waals surface area contributed by atoms with E-state index in [1.165, 1.54) is 50.6 Å². The molecule has 1 fully saturated rings. The number of aromatic nitrogens is 1. The van der Waals surface area contributed by atoms with E-state index in [4.69, 9.17) is 0 Å². The van der Waals surface area contributed by atoms with Gasteiger partial charge in [-0.1, -0.05) is 19.3 Å². The van der Waals surface area contributed by atoms with Gasteiger partial charge in [0.15, 0.2) is 0 Å². The summed E-state index contributed by atoms with van der Waals surface area (Å²) >= 11 is 0. The number of carbonyl (C=O) groups excluding carboxylic acids is 1. The highest BCUT2D eigenvalue weighted by molar-refractivity contribution is 5.94. The summed E-state index contributed by atoms with van der Waals surface area (Å²) in [6.07, 6.45) is 9.20. The molecule has 1 saturated carbocycles. The van der Waals surface area contributed by atoms with E-state index >= 15 is 0 Å². The van der Waals surface area contributed by atoms with Gasteiger partial charge in [-0.2, -0.15) is 0 Å². The molecule has 2 rings (SSSR count). The van der Waals surface area contributed by atoms with Crippen molar-refractivity contribution in [1.29, 1.82) is 0 Å². The molecule has 19 heavy (non-hydrogen) atoms. The van der Waals surface area contributed by atoms with Crippen molar-refractivity contribution in [2.75, 3.05) is 13.1 Å². The predicted molar refractivity (Wildman–Crippen MR) is 74.1 cm³/mol. The molecule has 1 aromatic rings. The van der Waals surface area contributed by atoms with Gasteiger partial charge in [-0.05, 0) is 31.7 Å². The second-order valence-corrected chi connectivity index (χ2v) is 5.28. The maximum Gasteiger partial charge on any atom is 0.255 e. The third-order valence-electron chi connectivity index (χ3n) is 3.84. The molecule has 0 radical (unpaired) electrons. The van der Waals surface area contributed by atoms with Gasteiger partial charge in [-0.15, -0.1) is 0 Å². The van der Waals surface area contributed by atoms with Gasteiger partial charge in [0.2, 0.25) is 0 Å². The van der Waals surface area contributed by atoms with Crippen LogP contribution in [-0.2, 0) is 0 Å². The topological polar surface area (TPSA) is 53.4 Å². The van der Waals surface area contributed by atoms with Crippen LogP contribution in [0.15, 0.2) is 18.5 Å². The Hall–Kier alpha value is -1.58. The van der Waals surface area contributed by atoms with Crippen LogP contribution in [0.2, 0.25) is 0 Å². The van der Waals surface area contributed by atoms with E-state index in [2.05, 4.69) is 4.98 Å². The Kier molecular flexibility index (Phi) is 4.77. The summed E-state index contributed by atoms with van der Waals surface area (Å²) in [6.45, 7) is 3.52. The van der Waals surface area contributed by atoms with E-state index in [-0.39, 0.29) is 11.7 Å². The summed E-state index contributed by atoms with van der Waals surface area (Å²) < 4.78 is 0. The zero-order valence-electron chi connectivity index (χ0n) is 11.5. The fourth-order valence-corrected chi connectivity index (χ4v) is 2.76. The van der Waals surface area contributed by atoms with E-state index in [1.54, 1.807) is 0 Å². The van der Waals surface area contributed by atoms with E-state index in [9.17, 15) is 9.90 Å². The summed E-state index contributed by atoms with van der Waals surface area (Å²) in [5, 5.41) is 9.40. The van der Waals surface area contributed by atoms with E-state index in [1.807, 2.05) is 11.8 Å². The van der Waals surface area contributed by atoms with E-state index in [0.29, 0.717) is 18.0 Å². The SMILES string of the molecule is CCN(CC1CCCCC1)C(=O)c1cncc(O)c1. The molecule has 0 unspecified atom stereocenters. The van der Waals surface area contributed by atoms with Crippen LogP contribution >= 0.6 is 0 Å². The van der Waals surface area contributed by atoms with E-state index in [0.717, 1.165) is 6.54 Å². The summed E-state index contributed by atoms with van der Waals surface area (Å²) in [5.41, 5.74) is 0.470. The van der Waals surface area contributed by atoms with Crippen molar-refractivity contribution < 1.29 is 9.90 Å². The van der Waals surface area contributed by atoms with Crippen LogP contribution in [-0.4, -0.2) is 34.0 Å². The van der Waals surface area contributed by atoms with Crippen molar-refractivity contribution in [2.24, 2.45) is 5.92 Å². The second-order valence-electron chi connectivity index (χ2n) is 5.28. The Labute approximate surface area is 114 Å². The molecule has 0 saturated heterocycles. The number of pyridine rings is 1. The van der Waals surface area contributed by atoms with Gasteiger partial charge < -0.3 is 10.0 Å². The van der Waals surface area contributed by atoms with Crippen LogP contribution in [0.5, 0.6) is 5.75 Å². The first-order chi connectivity index (χ1) is 9.20. The molecular formula is C15H22N2O2. The van der Waals surface area contributed by atoms with Gasteiger partial charge in [0, 0.05) is 19.3 Å². The van der Waals surface area contributed by atoms with Crippen molar-refractivity contribution >= 4 is 5.91 Å². The number of carbonyl (C=O) groups is 1. The average Bonchev–Trinajstić information content (AvgIpc) is 2.45. The lowest BCUT2D eigenvalue weighted by molar-refractivity contribution is 0.0723. The highest BCUT2D eigenvalue weighted by Gasteiger charge is 2.21. The molecule has 0 bridgehead atoms. The van der Waals surface area contributed by atoms with Gasteiger partial charge in [0.25, 0.3) is 5.91 Å². The molecule has 4 nitrogen and oxygen atoms in total. The molecule has 1 aliphatic rings. The molecular weight excluding hydrogens is 240 g/mol. The number of hydrogen-bond donors (Lipinski definition) is 1. The van der Waals surface area contributed by atoms with Gasteiger partial charge in [-0.3, -0.25) is 9.78 Å². The minimum atomic E-state index is -0.0310. The van der Waals surface area contributed by atoms with Crippen molar-refractivity contribution in [1.82, 2.24) is 9.88 Å². The summed E-state index contributed by atoms with van der Waals surface area (Å²) in [5.74, 6) is 0.638. The molecule has 1 heterocycles. The number of nitrogens with zero attached hydrogens (tertiary/aromatic N) is 2. The molecule has 0 aliphatic heterocycles. The summed E-state index contributed by atoms with van der Waals surface area (Å²) in [6, 6.07) is 1.48. The molecule has 4 heteroatoms. The van der Waals surface area contributed by atoms with E-state index < -0.39 is 0 Å². The molecule has 1 aromatic heterocycles. The molecule has 0 atom stereocenters. The largest absolute Gasteiger partial charge is 0.506 e. The number of aromatic hydroxyl groups is 1. The van der Waals surface area contributed by atoms with Crippen LogP contribution in [0, 0.1) is 5.92 Å². The maximum absolute atomic E-state index is 12.4. The molecule has 0 aromatic carbocycles. The smallest absolute Gasteiger partial charge is 0.255 e. The second kappa shape index (κ2) is 6.55. The van der Waals surface area contributed by atoms with Crippen LogP contribution < -0.4 is 0 Å². The normalized spacial score (nSPS) is 16.3. The number of hydrogen-bond acceptors (Lipinski definition) is 3. The molecule has 1 amide bonds. The highest BCUT2D eigenvalue weighted by atomic mass is 16.3. The first-order valence-electron chi connectivity index (χ1n) is 7.14. The highest BCUT2D eigenvalue weighted by Crippen LogP contribution is 2.25. The monoisotopic (exact) mass is 262 g/mol. The van der Waals surface area contributed by atoms with Crippen molar-refractivity contribution in [3.8, 4) is 5.75 Å². The molecule has 0 spiro atoms. The Bertz CT molecular complexity index is 428. The predicted octanol–water partition coefficient (Wildman–Crippen LogP) is 2.83. The number of rotatable bonds is 4. The minimum absolute atomic E-state index is 0.0310. The first-order valence-corrected chi connectivity index (χ1v) is 7.14. The Morgan fingerprint density at radius 3 is 2.74 bits per heavy atom. The zero-order chi connectivity index (χ0) is 13.7. The van der Waals surface area contributed by atoms with Gasteiger partial charge in [0.1, 0.15) is 5.75 Å². The quantitative estimate of drug-likeness (QED) is 0.907. The molecule has 1 N–H and O–H groups in total. The fraction of sp³-hybridized carbons (Fsp3) is 0.600. The van der Waals surface area contributed by atoms with Crippen molar-refractivity contribution in [3.05, 3.63) is 24.0 Å². The van der Waals surface area contributed by atoms with Crippen LogP contribution in [0.1, 0.15) is 49.4 Å². The Balaban J connectivity index is 2.02. The molecule has 104 valence electrons. The van der Waals surface area contributed by atoms with Gasteiger partial charge >= 0.3 is 0 Å². The van der Waals surface area contributed by atoms with Gasteiger partial charge in [-0.25, -0.2) is 0 Å². The zero-order valence-corrected chi connectivity index (χ0v) is 11.5. The van der Waals surface area contributed by atoms with Crippen LogP contribution in [0.3, 0.4) is 0 Å². The standard InChI is InChI=1S/C15H22N2O2/c1-2-17(11-12-6-4-3-5-7-12)15(19)13-8-14(18)10-16-9-13/h8-10,12,18H,2-7,11H2,1H3. The lowest BCUT2D eigenvalue weighted by atomic mass is 9.89. The van der Waals surface area contributed by atoms with Crippen LogP contribution in [0.4, 0.5) is 0 Å². The lowest BCUT2D eigenvalue weighted by Gasteiger charge is -2.29. The first kappa shape index (κ1) is 13.8. The molecule has 1 aliphatic carbocycles. The fourth-order valence-electron chi connectivity index (χ4n) is 2.76. The lowest BCUT2D eigenvalue weighted by Crippen LogP contribution is -2.35. The Morgan fingerprint density at radius 1 is 1.37 bits per heavy atom.